The van der Waals surface area contributed by atoms with Crippen molar-refractivity contribution in [3.8, 4) is 0 Å². The van der Waals surface area contributed by atoms with Crippen molar-refractivity contribution in [1.29, 1.82) is 0 Å². The number of rotatable bonds is 6. The highest BCUT2D eigenvalue weighted by Crippen LogP contribution is 2.27. The van der Waals surface area contributed by atoms with E-state index < -0.39 is 0 Å². The van der Waals surface area contributed by atoms with Crippen molar-refractivity contribution in [3.63, 3.8) is 0 Å². The van der Waals surface area contributed by atoms with Crippen LogP contribution < -0.4 is 10.6 Å². The number of nitrogens with one attached hydrogen (secondary N) is 2. The van der Waals surface area contributed by atoms with Gasteiger partial charge in [0.15, 0.2) is 0 Å². The van der Waals surface area contributed by atoms with Gasteiger partial charge in [0.2, 0.25) is 0 Å². The predicted molar refractivity (Wildman–Crippen MR) is 92.3 cm³/mol. The van der Waals surface area contributed by atoms with Crippen LogP contribution in [0.2, 0.25) is 0 Å². The lowest BCUT2D eigenvalue weighted by Crippen LogP contribution is -2.43. The highest BCUT2D eigenvalue weighted by Gasteiger charge is 2.25. The second kappa shape index (κ2) is 7.90. The fraction of sp³-hybridized carbons (Fsp3) is 0.750. The van der Waals surface area contributed by atoms with Crippen LogP contribution in [0.5, 0.6) is 0 Å². The molecule has 0 saturated heterocycles. The molecule has 0 bridgehead atoms. The van der Waals surface area contributed by atoms with Crippen molar-refractivity contribution in [2.45, 2.75) is 57.9 Å². The molecule has 3 atom stereocenters. The summed E-state index contributed by atoms with van der Waals surface area (Å²) < 4.78 is 2.01. The normalized spacial score (nSPS) is 22.5. The Morgan fingerprint density at radius 2 is 2.27 bits per heavy atom. The molecule has 0 spiro atoms. The highest BCUT2D eigenvalue weighted by atomic mass is 32.2. The molecule has 1 aliphatic carbocycles. The molecule has 6 heteroatoms. The number of nitrogens with zero attached hydrogens (tertiary/aromatic N) is 2. The van der Waals surface area contributed by atoms with Gasteiger partial charge in [-0.2, -0.15) is 16.9 Å². The minimum absolute atomic E-state index is 0.0352. The summed E-state index contributed by atoms with van der Waals surface area (Å²) in [6.07, 6.45) is 5.55. The monoisotopic (exact) mass is 324 g/mol. The zero-order valence-electron chi connectivity index (χ0n) is 14.1. The van der Waals surface area contributed by atoms with Gasteiger partial charge in [-0.25, -0.2) is 4.79 Å². The number of thioether (sulfide) groups is 1. The summed E-state index contributed by atoms with van der Waals surface area (Å²) in [7, 11) is 0. The molecule has 22 heavy (non-hydrogen) atoms. The van der Waals surface area contributed by atoms with Crippen LogP contribution in [0, 0.1) is 19.8 Å². The minimum Gasteiger partial charge on any atom is -0.338 e. The van der Waals surface area contributed by atoms with Crippen molar-refractivity contribution >= 4 is 17.8 Å². The molecular formula is C16H28N4OS. The summed E-state index contributed by atoms with van der Waals surface area (Å²) in [5.74, 6) is 0.353. The average Bonchev–Trinajstić information content (AvgIpc) is 3.03. The quantitative estimate of drug-likeness (QED) is 0.846. The molecule has 124 valence electrons. The summed E-state index contributed by atoms with van der Waals surface area (Å²) in [5, 5.41) is 11.3. The molecule has 2 amide bonds. The first-order chi connectivity index (χ1) is 10.5. The summed E-state index contributed by atoms with van der Waals surface area (Å²) in [6, 6.07) is 2.38. The average molecular weight is 324 g/mol. The van der Waals surface area contributed by atoms with Gasteiger partial charge >= 0.3 is 6.03 Å². The molecule has 0 radical (unpaired) electrons. The molecule has 1 saturated carbocycles. The predicted octanol–water partition coefficient (Wildman–Crippen LogP) is 2.72. The maximum absolute atomic E-state index is 12.0. The van der Waals surface area contributed by atoms with Crippen LogP contribution in [0.3, 0.4) is 0 Å². The highest BCUT2D eigenvalue weighted by molar-refractivity contribution is 7.99. The third-order valence-electron chi connectivity index (χ3n) is 4.25. The Balaban J connectivity index is 1.68. The van der Waals surface area contributed by atoms with Gasteiger partial charge < -0.3 is 10.6 Å². The van der Waals surface area contributed by atoms with Crippen LogP contribution >= 0.6 is 11.8 Å². The van der Waals surface area contributed by atoms with Gasteiger partial charge in [0.25, 0.3) is 0 Å². The maximum Gasteiger partial charge on any atom is 0.315 e. The number of hydrogen-bond donors (Lipinski definition) is 2. The second-order valence-electron chi connectivity index (χ2n) is 6.44. The van der Waals surface area contributed by atoms with Crippen molar-refractivity contribution in [1.82, 2.24) is 20.4 Å². The smallest absolute Gasteiger partial charge is 0.315 e. The zero-order chi connectivity index (χ0) is 16.1. The summed E-state index contributed by atoms with van der Waals surface area (Å²) in [6.45, 7) is 7.70. The van der Waals surface area contributed by atoms with Crippen LogP contribution in [0.4, 0.5) is 4.79 Å². The number of carbonyl (C=O) groups is 1. The van der Waals surface area contributed by atoms with E-state index in [4.69, 9.17) is 0 Å². The van der Waals surface area contributed by atoms with Gasteiger partial charge in [-0.15, -0.1) is 0 Å². The molecular weight excluding hydrogens is 296 g/mol. The van der Waals surface area contributed by atoms with E-state index in [0.717, 1.165) is 25.1 Å². The van der Waals surface area contributed by atoms with Crippen LogP contribution in [0.15, 0.2) is 6.07 Å². The van der Waals surface area contributed by atoms with E-state index >= 15 is 0 Å². The Hall–Kier alpha value is -1.17. The standard InChI is InChI=1S/C16H28N4OS/c1-11(10-20-13(3)7-12(2)19-20)9-17-16(21)18-14-5-6-15(8-14)22-4/h7,11,14-15H,5-6,8-10H2,1-4H3,(H2,17,18,21)/t11-,14-,15-/m1/s1. The first-order valence-electron chi connectivity index (χ1n) is 8.06. The fourth-order valence-corrected chi connectivity index (χ4v) is 3.80. The third kappa shape index (κ3) is 4.93. The molecule has 0 aromatic carbocycles. The first kappa shape index (κ1) is 17.2. The van der Waals surface area contributed by atoms with Crippen molar-refractivity contribution in [2.75, 3.05) is 12.8 Å². The van der Waals surface area contributed by atoms with Gasteiger partial charge in [-0.1, -0.05) is 6.92 Å². The fourth-order valence-electron chi connectivity index (χ4n) is 3.01. The summed E-state index contributed by atoms with van der Waals surface area (Å²) in [5.41, 5.74) is 2.21. The second-order valence-corrected chi connectivity index (χ2v) is 7.57. The molecule has 1 fully saturated rings. The van der Waals surface area contributed by atoms with Crippen LogP contribution in [-0.4, -0.2) is 39.9 Å². The molecule has 1 aromatic heterocycles. The Bertz CT molecular complexity index is 502. The number of aryl methyl sites for hydroxylation is 2. The largest absolute Gasteiger partial charge is 0.338 e. The number of amides is 2. The molecule has 0 aliphatic heterocycles. The van der Waals surface area contributed by atoms with E-state index in [0.29, 0.717) is 23.8 Å². The van der Waals surface area contributed by atoms with E-state index in [9.17, 15) is 4.79 Å². The lowest BCUT2D eigenvalue weighted by atomic mass is 10.2. The van der Waals surface area contributed by atoms with Crippen molar-refractivity contribution < 1.29 is 4.79 Å². The first-order valence-corrected chi connectivity index (χ1v) is 9.35. The van der Waals surface area contributed by atoms with E-state index in [-0.39, 0.29) is 6.03 Å². The lowest BCUT2D eigenvalue weighted by Gasteiger charge is -2.17. The Labute approximate surface area is 137 Å². The lowest BCUT2D eigenvalue weighted by molar-refractivity contribution is 0.234. The van der Waals surface area contributed by atoms with Gasteiger partial charge in [0.05, 0.1) is 5.69 Å². The van der Waals surface area contributed by atoms with Gasteiger partial charge in [-0.3, -0.25) is 4.68 Å². The van der Waals surface area contributed by atoms with Crippen molar-refractivity contribution in [3.05, 3.63) is 17.5 Å². The zero-order valence-corrected chi connectivity index (χ0v) is 14.9. The topological polar surface area (TPSA) is 59.0 Å². The van der Waals surface area contributed by atoms with Crippen LogP contribution in [-0.2, 0) is 6.54 Å². The van der Waals surface area contributed by atoms with Crippen LogP contribution in [0.25, 0.3) is 0 Å². The van der Waals surface area contributed by atoms with Gasteiger partial charge in [0.1, 0.15) is 0 Å². The van der Waals surface area contributed by atoms with Gasteiger partial charge in [-0.05, 0) is 51.3 Å². The third-order valence-corrected chi connectivity index (χ3v) is 5.35. The molecule has 0 unspecified atom stereocenters. The van der Waals surface area contributed by atoms with E-state index in [1.807, 2.05) is 23.4 Å². The Morgan fingerprint density at radius 1 is 1.50 bits per heavy atom. The number of hydrogen-bond acceptors (Lipinski definition) is 3. The Morgan fingerprint density at radius 3 is 2.86 bits per heavy atom. The van der Waals surface area contributed by atoms with Gasteiger partial charge in [0, 0.05) is 30.1 Å². The summed E-state index contributed by atoms with van der Waals surface area (Å²) >= 11 is 1.90. The molecule has 1 aromatic rings. The van der Waals surface area contributed by atoms with Crippen molar-refractivity contribution in [2.24, 2.45) is 5.92 Å². The number of aromatic nitrogens is 2. The summed E-state index contributed by atoms with van der Waals surface area (Å²) in [4.78, 5) is 12.0. The minimum atomic E-state index is -0.0352. The molecule has 2 N–H and O–H groups in total. The SMILES string of the molecule is CS[C@@H]1CC[C@@H](NC(=O)NC[C@@H](C)Cn2nc(C)cc2C)C1. The number of urea groups is 1. The molecule has 5 nitrogen and oxygen atoms in total. The van der Waals surface area contributed by atoms with E-state index in [2.05, 4.69) is 41.9 Å². The number of carbonyl (C=O) groups excluding carboxylic acids is 1. The molecule has 2 rings (SSSR count). The van der Waals surface area contributed by atoms with E-state index in [1.165, 1.54) is 12.1 Å². The Kier molecular flexibility index (Phi) is 6.17. The maximum atomic E-state index is 12.0. The molecule has 1 heterocycles. The molecule has 1 aliphatic rings. The van der Waals surface area contributed by atoms with E-state index in [1.54, 1.807) is 0 Å². The van der Waals surface area contributed by atoms with Crippen LogP contribution in [0.1, 0.15) is 37.6 Å².